The zero-order valence-electron chi connectivity index (χ0n) is 19.4. The zero-order valence-corrected chi connectivity index (χ0v) is 20.2. The molecule has 0 aliphatic rings. The number of anilines is 1. The van der Waals surface area contributed by atoms with E-state index in [0.717, 1.165) is 29.8 Å². The fraction of sp³-hybridized carbons (Fsp3) is 0.200. The van der Waals surface area contributed by atoms with Crippen LogP contribution in [0.4, 0.5) is 10.1 Å². The van der Waals surface area contributed by atoms with Crippen molar-refractivity contribution in [3.63, 3.8) is 0 Å². The second kappa shape index (κ2) is 11.1. The van der Waals surface area contributed by atoms with Gasteiger partial charge in [-0.2, -0.15) is 5.10 Å². The van der Waals surface area contributed by atoms with Gasteiger partial charge in [-0.25, -0.2) is 4.39 Å². The molecule has 0 radical (unpaired) electrons. The first-order chi connectivity index (χ1) is 16.9. The number of hydrogen-bond donors (Lipinski definition) is 1. The van der Waals surface area contributed by atoms with Gasteiger partial charge in [0.1, 0.15) is 12.1 Å². The van der Waals surface area contributed by atoms with Gasteiger partial charge < -0.3 is 14.4 Å². The number of carbonyl (C=O) groups excluding carboxylic acids is 1. The van der Waals surface area contributed by atoms with Crippen molar-refractivity contribution in [2.24, 2.45) is 7.05 Å². The molecule has 4 aromatic rings. The molecule has 0 saturated heterocycles. The zero-order chi connectivity index (χ0) is 24.8. The molecule has 180 valence electrons. The summed E-state index contributed by atoms with van der Waals surface area (Å²) in [6.45, 7) is 2.84. The molecule has 0 bridgehead atoms. The molecule has 1 N–H and O–H groups in total. The molecule has 1 atom stereocenters. The lowest BCUT2D eigenvalue weighted by Crippen LogP contribution is -2.11. The summed E-state index contributed by atoms with van der Waals surface area (Å²) in [4.78, 5) is 13.1. The topological polar surface area (TPSA) is 101 Å². The lowest BCUT2D eigenvalue weighted by Gasteiger charge is -2.11. The van der Waals surface area contributed by atoms with E-state index in [-0.39, 0.29) is 17.5 Å². The maximum atomic E-state index is 13.3. The van der Waals surface area contributed by atoms with Gasteiger partial charge >= 0.3 is 0 Å². The Bertz CT molecular complexity index is 1310. The highest BCUT2D eigenvalue weighted by atomic mass is 32.2. The molecule has 8 nitrogen and oxygen atoms in total. The SMILES string of the molecule is CCCn1cnnc1C[S+]([O-])c1ccc(NC(=O)/C=C/c2cnn(C)c2-c2ccc(F)cc2)cc1. The van der Waals surface area contributed by atoms with E-state index in [4.69, 9.17) is 0 Å². The summed E-state index contributed by atoms with van der Waals surface area (Å²) in [5.74, 6) is 0.321. The van der Waals surface area contributed by atoms with Gasteiger partial charge in [-0.1, -0.05) is 6.92 Å². The summed E-state index contributed by atoms with van der Waals surface area (Å²) >= 11 is -1.28. The third-order valence-electron chi connectivity index (χ3n) is 5.30. The van der Waals surface area contributed by atoms with Crippen LogP contribution in [0.15, 0.2) is 72.0 Å². The van der Waals surface area contributed by atoms with Crippen LogP contribution in [0.1, 0.15) is 24.7 Å². The molecule has 0 aliphatic heterocycles. The van der Waals surface area contributed by atoms with E-state index in [1.54, 1.807) is 66.7 Å². The van der Waals surface area contributed by atoms with Crippen molar-refractivity contribution in [1.82, 2.24) is 24.5 Å². The summed E-state index contributed by atoms with van der Waals surface area (Å²) in [7, 11) is 1.79. The maximum absolute atomic E-state index is 13.3. The number of nitrogens with zero attached hydrogens (tertiary/aromatic N) is 5. The van der Waals surface area contributed by atoms with Crippen molar-refractivity contribution in [2.75, 3.05) is 5.32 Å². The van der Waals surface area contributed by atoms with E-state index < -0.39 is 11.2 Å². The molecule has 2 heterocycles. The van der Waals surface area contributed by atoms with E-state index in [9.17, 15) is 13.7 Å². The Labute approximate surface area is 205 Å². The molecule has 10 heteroatoms. The van der Waals surface area contributed by atoms with E-state index in [1.807, 2.05) is 4.57 Å². The minimum absolute atomic E-state index is 0.274. The molecule has 1 unspecified atom stereocenters. The highest BCUT2D eigenvalue weighted by molar-refractivity contribution is 7.90. The number of hydrogen-bond acceptors (Lipinski definition) is 5. The molecule has 2 aromatic carbocycles. The summed E-state index contributed by atoms with van der Waals surface area (Å²) in [6.07, 6.45) is 7.31. The molecular formula is C25H25FN6O2S. The quantitative estimate of drug-likeness (QED) is 0.279. The predicted octanol–water partition coefficient (Wildman–Crippen LogP) is 4.19. The molecular weight excluding hydrogens is 467 g/mol. The largest absolute Gasteiger partial charge is 0.611 e. The number of aryl methyl sites for hydroxylation is 2. The summed E-state index contributed by atoms with van der Waals surface area (Å²) in [5.41, 5.74) is 2.88. The Morgan fingerprint density at radius 1 is 1.17 bits per heavy atom. The lowest BCUT2D eigenvalue weighted by atomic mass is 10.1. The van der Waals surface area contributed by atoms with Gasteiger partial charge in [0.05, 0.1) is 11.9 Å². The van der Waals surface area contributed by atoms with Crippen LogP contribution in [0.5, 0.6) is 0 Å². The second-order valence-corrected chi connectivity index (χ2v) is 9.31. The van der Waals surface area contributed by atoms with E-state index in [1.165, 1.54) is 18.2 Å². The number of benzene rings is 2. The number of carbonyl (C=O) groups is 1. The molecule has 2 aromatic heterocycles. The van der Waals surface area contributed by atoms with Gasteiger partial charge in [-0.05, 0) is 72.2 Å². The molecule has 0 fully saturated rings. The third kappa shape index (κ3) is 6.03. The van der Waals surface area contributed by atoms with Gasteiger partial charge in [0.2, 0.25) is 5.91 Å². The van der Waals surface area contributed by atoms with Gasteiger partial charge in [0.25, 0.3) is 0 Å². The number of rotatable bonds is 9. The van der Waals surface area contributed by atoms with E-state index >= 15 is 0 Å². The Balaban J connectivity index is 1.39. The van der Waals surface area contributed by atoms with Crippen LogP contribution in [-0.2, 0) is 35.3 Å². The van der Waals surface area contributed by atoms with Gasteiger partial charge in [-0.15, -0.1) is 10.2 Å². The van der Waals surface area contributed by atoms with Gasteiger partial charge in [0.15, 0.2) is 16.5 Å². The first-order valence-electron chi connectivity index (χ1n) is 11.1. The standard InChI is InChI=1S/C25H25FN6O2S/c1-3-14-32-17-27-30-23(32)16-35(34)22-11-9-21(10-12-22)29-24(33)13-6-19-15-28-31(2)25(19)18-4-7-20(26)8-5-18/h4-13,15,17H,3,14,16H2,1-2H3,(H,29,33)/b13-6+. The van der Waals surface area contributed by atoms with E-state index in [2.05, 4.69) is 27.5 Å². The first-order valence-corrected chi connectivity index (χ1v) is 12.4. The minimum atomic E-state index is -1.28. The van der Waals surface area contributed by atoms with Crippen molar-refractivity contribution in [3.05, 3.63) is 84.3 Å². The van der Waals surface area contributed by atoms with Crippen molar-refractivity contribution in [3.8, 4) is 11.3 Å². The minimum Gasteiger partial charge on any atom is -0.611 e. The number of amides is 1. The van der Waals surface area contributed by atoms with Crippen LogP contribution in [-0.4, -0.2) is 35.0 Å². The van der Waals surface area contributed by atoms with Crippen LogP contribution in [0, 0.1) is 5.82 Å². The van der Waals surface area contributed by atoms with Crippen LogP contribution >= 0.6 is 0 Å². The average Bonchev–Trinajstić information content (AvgIpc) is 3.45. The predicted molar refractivity (Wildman–Crippen MR) is 133 cm³/mol. The Kier molecular flexibility index (Phi) is 7.74. The van der Waals surface area contributed by atoms with Crippen LogP contribution in [0.3, 0.4) is 0 Å². The number of aromatic nitrogens is 5. The highest BCUT2D eigenvalue weighted by Gasteiger charge is 2.16. The smallest absolute Gasteiger partial charge is 0.248 e. The van der Waals surface area contributed by atoms with Gasteiger partial charge in [-0.3, -0.25) is 9.48 Å². The molecule has 0 aliphatic carbocycles. The number of nitrogens with one attached hydrogen (secondary N) is 1. The second-order valence-electron chi connectivity index (χ2n) is 7.86. The number of halogens is 1. The van der Waals surface area contributed by atoms with Crippen LogP contribution in [0.25, 0.3) is 17.3 Å². The Morgan fingerprint density at radius 2 is 1.91 bits per heavy atom. The fourth-order valence-corrected chi connectivity index (χ4v) is 4.66. The van der Waals surface area contributed by atoms with Gasteiger partial charge in [0, 0.05) is 36.5 Å². The molecule has 0 spiro atoms. The highest BCUT2D eigenvalue weighted by Crippen LogP contribution is 2.24. The molecule has 35 heavy (non-hydrogen) atoms. The van der Waals surface area contributed by atoms with Crippen molar-refractivity contribution < 1.29 is 13.7 Å². The summed E-state index contributed by atoms with van der Waals surface area (Å²) in [5, 5.41) is 15.0. The third-order valence-corrected chi connectivity index (χ3v) is 6.62. The maximum Gasteiger partial charge on any atom is 0.248 e. The monoisotopic (exact) mass is 492 g/mol. The molecule has 0 saturated carbocycles. The van der Waals surface area contributed by atoms with Crippen molar-refractivity contribution in [1.29, 1.82) is 0 Å². The Hall–Kier alpha value is -3.76. The lowest BCUT2D eigenvalue weighted by molar-refractivity contribution is -0.111. The Morgan fingerprint density at radius 3 is 2.63 bits per heavy atom. The fourth-order valence-electron chi connectivity index (χ4n) is 3.60. The van der Waals surface area contributed by atoms with Crippen molar-refractivity contribution in [2.45, 2.75) is 30.5 Å². The summed E-state index contributed by atoms with van der Waals surface area (Å²) < 4.78 is 29.6. The van der Waals surface area contributed by atoms with E-state index in [0.29, 0.717) is 16.4 Å². The van der Waals surface area contributed by atoms with Crippen molar-refractivity contribution >= 4 is 28.8 Å². The molecule has 1 amide bonds. The normalized spacial score (nSPS) is 12.2. The summed E-state index contributed by atoms with van der Waals surface area (Å²) in [6, 6.07) is 13.0. The molecule has 4 rings (SSSR count). The van der Waals surface area contributed by atoms with Crippen LogP contribution < -0.4 is 5.32 Å². The first kappa shape index (κ1) is 24.4. The van der Waals surface area contributed by atoms with Crippen LogP contribution in [0.2, 0.25) is 0 Å². The average molecular weight is 493 g/mol.